The van der Waals surface area contributed by atoms with Gasteiger partial charge in [-0.1, -0.05) is 13.8 Å². The largest absolute Gasteiger partial charge is 0.480 e. The van der Waals surface area contributed by atoms with E-state index < -0.39 is 17.9 Å². The van der Waals surface area contributed by atoms with Crippen LogP contribution in [0.5, 0.6) is 0 Å². The molecule has 0 saturated carbocycles. The van der Waals surface area contributed by atoms with Crippen LogP contribution < -0.4 is 0 Å². The third kappa shape index (κ3) is 2.89. The molecule has 0 bridgehead atoms. The lowest BCUT2D eigenvalue weighted by Gasteiger charge is -2.31. The molecule has 2 rings (SSSR count). The molecular formula is C11H16N4O3S. The molecule has 1 aliphatic heterocycles. The van der Waals surface area contributed by atoms with Gasteiger partial charge in [-0.05, 0) is 0 Å². The topological polar surface area (TPSA) is 99.2 Å². The van der Waals surface area contributed by atoms with Crippen molar-refractivity contribution in [1.82, 2.24) is 20.1 Å². The molecule has 0 spiro atoms. The van der Waals surface area contributed by atoms with Crippen molar-refractivity contribution in [2.24, 2.45) is 0 Å². The summed E-state index contributed by atoms with van der Waals surface area (Å²) in [5, 5.41) is 15.7. The first-order valence-electron chi connectivity index (χ1n) is 6.04. The number of hydrogen-bond donors (Lipinski definition) is 2. The van der Waals surface area contributed by atoms with Crippen molar-refractivity contribution in [3.05, 3.63) is 11.6 Å². The summed E-state index contributed by atoms with van der Waals surface area (Å²) in [6.45, 7) is 4.28. The third-order valence-corrected chi connectivity index (χ3v) is 3.94. The van der Waals surface area contributed by atoms with E-state index in [-0.39, 0.29) is 11.7 Å². The van der Waals surface area contributed by atoms with Crippen LogP contribution in [0.2, 0.25) is 0 Å². The lowest BCUT2D eigenvalue weighted by molar-refractivity contribution is -0.141. The van der Waals surface area contributed by atoms with Gasteiger partial charge in [-0.2, -0.15) is 11.8 Å². The highest BCUT2D eigenvalue weighted by Gasteiger charge is 2.34. The Kier molecular flexibility index (Phi) is 4.08. The molecule has 8 heteroatoms. The number of carboxylic acids is 1. The van der Waals surface area contributed by atoms with Crippen molar-refractivity contribution >= 4 is 23.6 Å². The van der Waals surface area contributed by atoms with Crippen molar-refractivity contribution in [2.75, 3.05) is 18.1 Å². The summed E-state index contributed by atoms with van der Waals surface area (Å²) in [7, 11) is 0. The second-order valence-corrected chi connectivity index (χ2v) is 5.78. The predicted molar refractivity (Wildman–Crippen MR) is 70.3 cm³/mol. The first kappa shape index (κ1) is 13.9. The average Bonchev–Trinajstić information content (AvgIpc) is 2.87. The van der Waals surface area contributed by atoms with E-state index in [0.29, 0.717) is 18.1 Å². The lowest BCUT2D eigenvalue weighted by Crippen LogP contribution is -2.50. The maximum atomic E-state index is 12.3. The van der Waals surface area contributed by atoms with Crippen LogP contribution in [0.25, 0.3) is 0 Å². The molecule has 0 aliphatic carbocycles. The summed E-state index contributed by atoms with van der Waals surface area (Å²) in [6, 6.07) is -0.799. The van der Waals surface area contributed by atoms with Crippen molar-refractivity contribution < 1.29 is 14.7 Å². The minimum atomic E-state index is -0.986. The average molecular weight is 284 g/mol. The van der Waals surface area contributed by atoms with Gasteiger partial charge in [-0.25, -0.2) is 9.78 Å². The number of hydrogen-bond acceptors (Lipinski definition) is 5. The quantitative estimate of drug-likeness (QED) is 0.842. The maximum absolute atomic E-state index is 12.3. The number of amides is 1. The second-order valence-electron chi connectivity index (χ2n) is 4.63. The lowest BCUT2D eigenvalue weighted by atomic mass is 10.2. The Morgan fingerprint density at radius 1 is 1.53 bits per heavy atom. The van der Waals surface area contributed by atoms with E-state index >= 15 is 0 Å². The Labute approximate surface area is 114 Å². The second kappa shape index (κ2) is 5.60. The molecule has 2 N–H and O–H groups in total. The molecule has 1 saturated heterocycles. The number of rotatable bonds is 3. The first-order valence-corrected chi connectivity index (χ1v) is 7.20. The van der Waals surface area contributed by atoms with Crippen molar-refractivity contribution in [2.45, 2.75) is 25.8 Å². The van der Waals surface area contributed by atoms with Crippen LogP contribution in [0.1, 0.15) is 36.2 Å². The molecule has 2 heterocycles. The summed E-state index contributed by atoms with van der Waals surface area (Å²) in [5.74, 6) is 0.542. The monoisotopic (exact) mass is 284 g/mol. The summed E-state index contributed by atoms with van der Waals surface area (Å²) in [6.07, 6.45) is 0. The van der Waals surface area contributed by atoms with Crippen LogP contribution in [-0.4, -0.2) is 61.2 Å². The molecule has 0 aromatic carbocycles. The molecule has 1 aromatic rings. The SMILES string of the molecule is CC(C)c1nc(C(=O)N2CCSCC2C(=O)O)n[nH]1. The number of aromatic nitrogens is 3. The number of aliphatic carboxylic acids is 1. The Hall–Kier alpha value is -1.57. The molecule has 0 radical (unpaired) electrons. The fourth-order valence-electron chi connectivity index (χ4n) is 1.81. The number of carbonyl (C=O) groups excluding carboxylic acids is 1. The zero-order valence-electron chi connectivity index (χ0n) is 10.8. The van der Waals surface area contributed by atoms with Gasteiger partial charge in [0.25, 0.3) is 5.91 Å². The van der Waals surface area contributed by atoms with E-state index in [1.54, 1.807) is 0 Å². The van der Waals surface area contributed by atoms with Gasteiger partial charge >= 0.3 is 5.97 Å². The molecule has 1 aromatic heterocycles. The highest BCUT2D eigenvalue weighted by atomic mass is 32.2. The van der Waals surface area contributed by atoms with Crippen molar-refractivity contribution in [3.8, 4) is 0 Å². The highest BCUT2D eigenvalue weighted by molar-refractivity contribution is 7.99. The van der Waals surface area contributed by atoms with E-state index in [0.717, 1.165) is 5.75 Å². The predicted octanol–water partition coefficient (Wildman–Crippen LogP) is 0.570. The zero-order valence-corrected chi connectivity index (χ0v) is 11.6. The Balaban J connectivity index is 2.18. The Morgan fingerprint density at radius 2 is 2.26 bits per heavy atom. The molecule has 1 fully saturated rings. The van der Waals surface area contributed by atoms with E-state index in [4.69, 9.17) is 5.11 Å². The van der Waals surface area contributed by atoms with Gasteiger partial charge in [0, 0.05) is 24.0 Å². The fourth-order valence-corrected chi connectivity index (χ4v) is 2.85. The molecule has 19 heavy (non-hydrogen) atoms. The maximum Gasteiger partial charge on any atom is 0.327 e. The summed E-state index contributed by atoms with van der Waals surface area (Å²) in [4.78, 5) is 28.9. The van der Waals surface area contributed by atoms with Crippen molar-refractivity contribution in [1.29, 1.82) is 0 Å². The van der Waals surface area contributed by atoms with Crippen LogP contribution in [-0.2, 0) is 4.79 Å². The number of thioether (sulfide) groups is 1. The number of nitrogens with one attached hydrogen (secondary N) is 1. The molecule has 7 nitrogen and oxygen atoms in total. The van der Waals surface area contributed by atoms with E-state index in [2.05, 4.69) is 15.2 Å². The summed E-state index contributed by atoms with van der Waals surface area (Å²) >= 11 is 1.53. The van der Waals surface area contributed by atoms with E-state index in [1.165, 1.54) is 16.7 Å². The van der Waals surface area contributed by atoms with Crippen LogP contribution in [0, 0.1) is 0 Å². The van der Waals surface area contributed by atoms with Crippen LogP contribution in [0.3, 0.4) is 0 Å². The van der Waals surface area contributed by atoms with Crippen molar-refractivity contribution in [3.63, 3.8) is 0 Å². The smallest absolute Gasteiger partial charge is 0.327 e. The fraction of sp³-hybridized carbons (Fsp3) is 0.636. The minimum Gasteiger partial charge on any atom is -0.480 e. The molecule has 1 amide bonds. The van der Waals surface area contributed by atoms with E-state index in [1.807, 2.05) is 13.8 Å². The number of nitrogens with zero attached hydrogens (tertiary/aromatic N) is 3. The van der Waals surface area contributed by atoms with Gasteiger partial charge in [0.1, 0.15) is 11.9 Å². The standard InChI is InChI=1S/C11H16N4O3S/c1-6(2)8-12-9(14-13-8)10(16)15-3-4-19-5-7(15)11(17)18/h6-7H,3-5H2,1-2H3,(H,17,18)(H,12,13,14). The summed E-state index contributed by atoms with van der Waals surface area (Å²) < 4.78 is 0. The Morgan fingerprint density at radius 3 is 2.84 bits per heavy atom. The molecule has 1 atom stereocenters. The zero-order chi connectivity index (χ0) is 14.0. The third-order valence-electron chi connectivity index (χ3n) is 2.92. The number of carboxylic acid groups (broad SMARTS) is 1. The van der Waals surface area contributed by atoms with Gasteiger partial charge in [0.2, 0.25) is 5.82 Å². The molecular weight excluding hydrogens is 268 g/mol. The normalized spacial score (nSPS) is 19.7. The van der Waals surface area contributed by atoms with Crippen LogP contribution in [0.4, 0.5) is 0 Å². The number of carbonyl (C=O) groups is 2. The molecule has 104 valence electrons. The van der Waals surface area contributed by atoms with Crippen LogP contribution in [0.15, 0.2) is 0 Å². The number of H-pyrrole nitrogens is 1. The van der Waals surface area contributed by atoms with Crippen LogP contribution >= 0.6 is 11.8 Å². The number of aromatic amines is 1. The first-order chi connectivity index (χ1) is 9.00. The van der Waals surface area contributed by atoms with Gasteiger partial charge in [0.15, 0.2) is 0 Å². The van der Waals surface area contributed by atoms with Gasteiger partial charge in [0.05, 0.1) is 0 Å². The Bertz CT molecular complexity index is 488. The van der Waals surface area contributed by atoms with E-state index in [9.17, 15) is 9.59 Å². The van der Waals surface area contributed by atoms with Gasteiger partial charge in [-0.3, -0.25) is 9.89 Å². The minimum absolute atomic E-state index is 0.0434. The highest BCUT2D eigenvalue weighted by Crippen LogP contribution is 2.19. The summed E-state index contributed by atoms with van der Waals surface area (Å²) in [5.41, 5.74) is 0. The molecule has 1 unspecified atom stereocenters. The van der Waals surface area contributed by atoms with Gasteiger partial charge < -0.3 is 10.0 Å². The molecule has 1 aliphatic rings. The van der Waals surface area contributed by atoms with Gasteiger partial charge in [-0.15, -0.1) is 5.10 Å².